The molecule has 2 aromatic heterocycles. The monoisotopic (exact) mass is 275 g/mol. The number of nitrogens with one attached hydrogen (secondary N) is 1. The first-order chi connectivity index (χ1) is 9.69. The molecule has 2 rings (SSSR count). The maximum Gasteiger partial charge on any atom is 0.241 e. The highest BCUT2D eigenvalue weighted by Crippen LogP contribution is 2.16. The van der Waals surface area contributed by atoms with Crippen molar-refractivity contribution >= 4 is 11.9 Å². The molecule has 0 fully saturated rings. The maximum atomic E-state index is 4.55. The van der Waals surface area contributed by atoms with Crippen molar-refractivity contribution in [2.24, 2.45) is 0 Å². The molecule has 0 amide bonds. The van der Waals surface area contributed by atoms with E-state index in [0.717, 1.165) is 13.0 Å². The molecule has 1 atom stereocenters. The fraction of sp³-hybridized carbons (Fsp3) is 0.538. The van der Waals surface area contributed by atoms with Crippen LogP contribution >= 0.6 is 0 Å². The molecular formula is C13H21N7. The van der Waals surface area contributed by atoms with E-state index in [9.17, 15) is 0 Å². The van der Waals surface area contributed by atoms with Gasteiger partial charge in [0, 0.05) is 32.0 Å². The number of imidazole rings is 1. The normalized spacial score (nSPS) is 12.2. The average Bonchev–Trinajstić information content (AvgIpc) is 3.01. The van der Waals surface area contributed by atoms with Gasteiger partial charge in [0.25, 0.3) is 0 Å². The first kappa shape index (κ1) is 14.2. The molecule has 20 heavy (non-hydrogen) atoms. The lowest BCUT2D eigenvalue weighted by atomic mass is 10.2. The van der Waals surface area contributed by atoms with Crippen LogP contribution in [0.3, 0.4) is 0 Å². The lowest BCUT2D eigenvalue weighted by Gasteiger charge is -2.27. The topological polar surface area (TPSA) is 71.8 Å². The Balaban J connectivity index is 2.44. The summed E-state index contributed by atoms with van der Waals surface area (Å²) in [4.78, 5) is 19.6. The summed E-state index contributed by atoms with van der Waals surface area (Å²) < 4.78 is 1.77. The molecular weight excluding hydrogens is 254 g/mol. The Hall–Kier alpha value is -2.18. The number of nitrogens with zero attached hydrogens (tertiary/aromatic N) is 6. The zero-order valence-electron chi connectivity index (χ0n) is 12.4. The molecule has 0 spiro atoms. The van der Waals surface area contributed by atoms with Gasteiger partial charge in [0.15, 0.2) is 0 Å². The van der Waals surface area contributed by atoms with E-state index in [-0.39, 0.29) is 0 Å². The van der Waals surface area contributed by atoms with Gasteiger partial charge in [-0.25, -0.2) is 4.98 Å². The summed E-state index contributed by atoms with van der Waals surface area (Å²) in [5.41, 5.74) is 0. The zero-order chi connectivity index (χ0) is 14.5. The van der Waals surface area contributed by atoms with E-state index in [0.29, 0.717) is 23.9 Å². The summed E-state index contributed by atoms with van der Waals surface area (Å²) in [6.45, 7) is 7.28. The van der Waals surface area contributed by atoms with Crippen molar-refractivity contribution in [1.82, 2.24) is 24.5 Å². The molecule has 0 aromatic carbocycles. The fourth-order valence-electron chi connectivity index (χ4n) is 1.96. The quantitative estimate of drug-likeness (QED) is 0.865. The third-order valence-electron chi connectivity index (χ3n) is 3.29. The van der Waals surface area contributed by atoms with E-state index >= 15 is 0 Å². The molecule has 1 N–H and O–H groups in total. The van der Waals surface area contributed by atoms with Crippen LogP contribution in [0.2, 0.25) is 0 Å². The molecule has 1 unspecified atom stereocenters. The number of hydrogen-bond donors (Lipinski definition) is 1. The van der Waals surface area contributed by atoms with Crippen LogP contribution in [0.15, 0.2) is 18.7 Å². The van der Waals surface area contributed by atoms with Gasteiger partial charge in [-0.05, 0) is 20.3 Å². The first-order valence-corrected chi connectivity index (χ1v) is 6.88. The summed E-state index contributed by atoms with van der Waals surface area (Å²) in [5.74, 6) is 1.81. The maximum absolute atomic E-state index is 4.55. The molecule has 0 aliphatic rings. The Morgan fingerprint density at radius 1 is 1.30 bits per heavy atom. The Bertz CT molecular complexity index is 538. The van der Waals surface area contributed by atoms with Gasteiger partial charge in [-0.15, -0.1) is 0 Å². The summed E-state index contributed by atoms with van der Waals surface area (Å²) in [7, 11) is 1.80. The lowest BCUT2D eigenvalue weighted by Crippen LogP contribution is -2.34. The van der Waals surface area contributed by atoms with Gasteiger partial charge in [-0.2, -0.15) is 15.0 Å². The fourth-order valence-corrected chi connectivity index (χ4v) is 1.96. The van der Waals surface area contributed by atoms with E-state index in [1.807, 2.05) is 6.20 Å². The number of hydrogen-bond acceptors (Lipinski definition) is 6. The molecule has 0 aliphatic heterocycles. The Morgan fingerprint density at radius 2 is 2.10 bits per heavy atom. The van der Waals surface area contributed by atoms with Gasteiger partial charge in [-0.3, -0.25) is 4.57 Å². The summed E-state index contributed by atoms with van der Waals surface area (Å²) in [6.07, 6.45) is 6.24. The molecule has 0 aliphatic carbocycles. The lowest BCUT2D eigenvalue weighted by molar-refractivity contribution is 0.612. The van der Waals surface area contributed by atoms with E-state index in [1.165, 1.54) is 0 Å². The molecule has 2 aromatic rings. The van der Waals surface area contributed by atoms with Crippen LogP contribution in [0.4, 0.5) is 11.9 Å². The van der Waals surface area contributed by atoms with Crippen molar-refractivity contribution in [3.63, 3.8) is 0 Å². The predicted octanol–water partition coefficient (Wildman–Crippen LogP) is 1.72. The van der Waals surface area contributed by atoms with Crippen LogP contribution in [-0.4, -0.2) is 44.1 Å². The predicted molar refractivity (Wildman–Crippen MR) is 79.3 cm³/mol. The van der Waals surface area contributed by atoms with Crippen molar-refractivity contribution in [2.75, 3.05) is 23.8 Å². The summed E-state index contributed by atoms with van der Waals surface area (Å²) >= 11 is 0. The van der Waals surface area contributed by atoms with Crippen LogP contribution in [0.5, 0.6) is 0 Å². The van der Waals surface area contributed by atoms with Crippen LogP contribution < -0.4 is 10.2 Å². The summed E-state index contributed by atoms with van der Waals surface area (Å²) in [5, 5.41) is 2.98. The van der Waals surface area contributed by atoms with E-state index in [2.05, 4.69) is 50.9 Å². The highest BCUT2D eigenvalue weighted by atomic mass is 15.3. The van der Waals surface area contributed by atoms with Crippen LogP contribution in [0, 0.1) is 0 Å². The minimum atomic E-state index is 0.378. The molecule has 108 valence electrons. The van der Waals surface area contributed by atoms with Crippen LogP contribution in [-0.2, 0) is 0 Å². The first-order valence-electron chi connectivity index (χ1n) is 6.88. The van der Waals surface area contributed by atoms with Crippen molar-refractivity contribution in [3.05, 3.63) is 18.7 Å². The standard InChI is InChI=1S/C13H21N7/c1-5-10(3)20(6-2)13-17-11(14-4)16-12(18-13)19-8-7-15-9-19/h7-10H,5-6H2,1-4H3,(H,14,16,17,18). The van der Waals surface area contributed by atoms with Gasteiger partial charge in [-0.1, -0.05) is 6.92 Å². The third-order valence-corrected chi connectivity index (χ3v) is 3.29. The largest absolute Gasteiger partial charge is 0.357 e. The van der Waals surface area contributed by atoms with Crippen molar-refractivity contribution in [2.45, 2.75) is 33.2 Å². The van der Waals surface area contributed by atoms with Crippen molar-refractivity contribution < 1.29 is 0 Å². The molecule has 0 saturated carbocycles. The van der Waals surface area contributed by atoms with Gasteiger partial charge in [0.2, 0.25) is 17.8 Å². The highest BCUT2D eigenvalue weighted by Gasteiger charge is 2.16. The Labute approximate surface area is 119 Å². The van der Waals surface area contributed by atoms with Gasteiger partial charge >= 0.3 is 0 Å². The molecule has 7 nitrogen and oxygen atoms in total. The Morgan fingerprint density at radius 3 is 2.65 bits per heavy atom. The van der Waals surface area contributed by atoms with E-state index < -0.39 is 0 Å². The second-order valence-electron chi connectivity index (χ2n) is 4.52. The highest BCUT2D eigenvalue weighted by molar-refractivity contribution is 5.40. The molecule has 2 heterocycles. The van der Waals surface area contributed by atoms with E-state index in [4.69, 9.17) is 0 Å². The van der Waals surface area contributed by atoms with Crippen molar-refractivity contribution in [3.8, 4) is 5.95 Å². The van der Waals surface area contributed by atoms with Crippen LogP contribution in [0.25, 0.3) is 5.95 Å². The summed E-state index contributed by atoms with van der Waals surface area (Å²) in [6, 6.07) is 0.378. The number of rotatable bonds is 6. The van der Waals surface area contributed by atoms with Gasteiger partial charge < -0.3 is 10.2 Å². The van der Waals surface area contributed by atoms with Crippen LogP contribution in [0.1, 0.15) is 27.2 Å². The van der Waals surface area contributed by atoms with Crippen molar-refractivity contribution in [1.29, 1.82) is 0 Å². The molecule has 0 saturated heterocycles. The zero-order valence-corrected chi connectivity index (χ0v) is 12.4. The second kappa shape index (κ2) is 6.31. The second-order valence-corrected chi connectivity index (χ2v) is 4.52. The SMILES string of the molecule is CCC(C)N(CC)c1nc(NC)nc(-n2ccnc2)n1. The molecule has 0 bridgehead atoms. The van der Waals surface area contributed by atoms with Gasteiger partial charge in [0.05, 0.1) is 0 Å². The minimum absolute atomic E-state index is 0.378. The molecule has 0 radical (unpaired) electrons. The number of aromatic nitrogens is 5. The Kier molecular flexibility index (Phi) is 4.49. The average molecular weight is 275 g/mol. The molecule has 7 heteroatoms. The third kappa shape index (κ3) is 2.87. The smallest absolute Gasteiger partial charge is 0.241 e. The minimum Gasteiger partial charge on any atom is -0.357 e. The van der Waals surface area contributed by atoms with Gasteiger partial charge in [0.1, 0.15) is 6.33 Å². The number of anilines is 2. The van der Waals surface area contributed by atoms with E-state index in [1.54, 1.807) is 24.1 Å².